The van der Waals surface area contributed by atoms with Gasteiger partial charge in [0.05, 0.1) is 18.5 Å². The Morgan fingerprint density at radius 1 is 1.08 bits per heavy atom. The molecule has 1 N–H and O–H groups in total. The van der Waals surface area contributed by atoms with Crippen LogP contribution in [0.4, 0.5) is 11.4 Å². The first-order valence-corrected chi connectivity index (χ1v) is 8.11. The fourth-order valence-electron chi connectivity index (χ4n) is 2.59. The zero-order chi connectivity index (χ0) is 18.5. The highest BCUT2D eigenvalue weighted by atomic mass is 16.5. The molecule has 0 amide bonds. The molecule has 0 spiro atoms. The van der Waals surface area contributed by atoms with Crippen LogP contribution in [-0.4, -0.2) is 23.0 Å². The van der Waals surface area contributed by atoms with E-state index in [2.05, 4.69) is 21.9 Å². The predicted molar refractivity (Wildman–Crippen MR) is 103 cm³/mol. The van der Waals surface area contributed by atoms with E-state index in [4.69, 9.17) is 4.74 Å². The Morgan fingerprint density at radius 2 is 1.85 bits per heavy atom. The molecular formula is C21H19N3O2. The first-order chi connectivity index (χ1) is 12.6. The highest BCUT2D eigenvalue weighted by molar-refractivity contribution is 5.96. The van der Waals surface area contributed by atoms with Gasteiger partial charge >= 0.3 is 5.97 Å². The van der Waals surface area contributed by atoms with E-state index in [9.17, 15) is 4.79 Å². The van der Waals surface area contributed by atoms with E-state index >= 15 is 0 Å². The SMILES string of the molecule is C=C(C)c1cnc(-c2ccccc2)cc1Nc1ccncc1C(=O)OC. The molecule has 0 atom stereocenters. The smallest absolute Gasteiger partial charge is 0.341 e. The molecule has 0 aliphatic heterocycles. The van der Waals surface area contributed by atoms with Crippen LogP contribution in [0.15, 0.2) is 67.6 Å². The van der Waals surface area contributed by atoms with Crippen molar-refractivity contribution in [2.75, 3.05) is 12.4 Å². The largest absolute Gasteiger partial charge is 0.465 e. The molecule has 0 fully saturated rings. The minimum atomic E-state index is -0.449. The monoisotopic (exact) mass is 345 g/mol. The third-order valence-corrected chi connectivity index (χ3v) is 3.93. The summed E-state index contributed by atoms with van der Waals surface area (Å²) >= 11 is 0. The molecule has 0 aliphatic carbocycles. The fourth-order valence-corrected chi connectivity index (χ4v) is 2.59. The van der Waals surface area contributed by atoms with Crippen molar-refractivity contribution in [1.82, 2.24) is 9.97 Å². The molecule has 130 valence electrons. The van der Waals surface area contributed by atoms with Crippen LogP contribution in [0.3, 0.4) is 0 Å². The van der Waals surface area contributed by atoms with Crippen molar-refractivity contribution in [3.63, 3.8) is 0 Å². The summed E-state index contributed by atoms with van der Waals surface area (Å²) in [4.78, 5) is 20.5. The zero-order valence-corrected chi connectivity index (χ0v) is 14.7. The number of anilines is 2. The Bertz CT molecular complexity index is 952. The number of allylic oxidation sites excluding steroid dienone is 1. The topological polar surface area (TPSA) is 64.1 Å². The Morgan fingerprint density at radius 3 is 2.54 bits per heavy atom. The third kappa shape index (κ3) is 3.62. The highest BCUT2D eigenvalue weighted by Gasteiger charge is 2.14. The summed E-state index contributed by atoms with van der Waals surface area (Å²) in [5.41, 5.74) is 5.35. The predicted octanol–water partition coefficient (Wildman–Crippen LogP) is 4.71. The molecule has 0 saturated carbocycles. The number of methoxy groups -OCH3 is 1. The molecule has 26 heavy (non-hydrogen) atoms. The number of ether oxygens (including phenoxy) is 1. The fraction of sp³-hybridized carbons (Fsp3) is 0.0952. The summed E-state index contributed by atoms with van der Waals surface area (Å²) in [6, 6.07) is 13.6. The lowest BCUT2D eigenvalue weighted by Gasteiger charge is -2.15. The molecule has 0 saturated heterocycles. The minimum absolute atomic E-state index is 0.362. The van der Waals surface area contributed by atoms with Gasteiger partial charge in [0.25, 0.3) is 0 Å². The van der Waals surface area contributed by atoms with Crippen molar-refractivity contribution in [1.29, 1.82) is 0 Å². The van der Waals surface area contributed by atoms with Crippen LogP contribution in [0.25, 0.3) is 16.8 Å². The van der Waals surface area contributed by atoms with Crippen LogP contribution in [0.1, 0.15) is 22.8 Å². The van der Waals surface area contributed by atoms with Crippen molar-refractivity contribution in [2.45, 2.75) is 6.92 Å². The van der Waals surface area contributed by atoms with E-state index in [1.165, 1.54) is 13.3 Å². The zero-order valence-electron chi connectivity index (χ0n) is 14.7. The number of nitrogens with one attached hydrogen (secondary N) is 1. The number of rotatable bonds is 5. The second-order valence-electron chi connectivity index (χ2n) is 5.80. The average molecular weight is 345 g/mol. The van der Waals surface area contributed by atoms with E-state index < -0.39 is 5.97 Å². The van der Waals surface area contributed by atoms with Gasteiger partial charge in [0.1, 0.15) is 5.56 Å². The maximum atomic E-state index is 12.0. The Balaban J connectivity index is 2.06. The lowest BCUT2D eigenvalue weighted by molar-refractivity contribution is 0.0601. The van der Waals surface area contributed by atoms with Crippen LogP contribution in [0.5, 0.6) is 0 Å². The number of hydrogen-bond acceptors (Lipinski definition) is 5. The lowest BCUT2D eigenvalue weighted by atomic mass is 10.0. The molecule has 3 aromatic rings. The Labute approximate surface area is 152 Å². The van der Waals surface area contributed by atoms with Gasteiger partial charge in [-0.2, -0.15) is 0 Å². The van der Waals surface area contributed by atoms with Crippen LogP contribution < -0.4 is 5.32 Å². The van der Waals surface area contributed by atoms with Gasteiger partial charge in [0, 0.05) is 35.4 Å². The maximum Gasteiger partial charge on any atom is 0.341 e. The van der Waals surface area contributed by atoms with Gasteiger partial charge in [-0.25, -0.2) is 4.79 Å². The van der Waals surface area contributed by atoms with Gasteiger partial charge in [-0.05, 0) is 24.6 Å². The van der Waals surface area contributed by atoms with Gasteiger partial charge in [-0.15, -0.1) is 0 Å². The molecule has 0 bridgehead atoms. The molecule has 0 aliphatic rings. The molecule has 2 heterocycles. The number of hydrogen-bond donors (Lipinski definition) is 1. The van der Waals surface area contributed by atoms with Crippen molar-refractivity contribution >= 4 is 22.9 Å². The molecule has 3 rings (SSSR count). The number of carbonyl (C=O) groups is 1. The molecule has 1 aromatic carbocycles. The van der Waals surface area contributed by atoms with Gasteiger partial charge < -0.3 is 10.1 Å². The van der Waals surface area contributed by atoms with E-state index in [0.29, 0.717) is 11.3 Å². The van der Waals surface area contributed by atoms with Crippen molar-refractivity contribution in [2.24, 2.45) is 0 Å². The van der Waals surface area contributed by atoms with Crippen molar-refractivity contribution in [3.8, 4) is 11.3 Å². The van der Waals surface area contributed by atoms with Gasteiger partial charge in [0.15, 0.2) is 0 Å². The first kappa shape index (κ1) is 17.4. The van der Waals surface area contributed by atoms with Crippen LogP contribution in [0.2, 0.25) is 0 Å². The van der Waals surface area contributed by atoms with Crippen LogP contribution in [0, 0.1) is 0 Å². The van der Waals surface area contributed by atoms with E-state index in [1.807, 2.05) is 43.3 Å². The summed E-state index contributed by atoms with van der Waals surface area (Å²) in [5, 5.41) is 3.31. The second-order valence-corrected chi connectivity index (χ2v) is 5.80. The lowest BCUT2D eigenvalue weighted by Crippen LogP contribution is -2.07. The van der Waals surface area contributed by atoms with E-state index in [-0.39, 0.29) is 0 Å². The number of benzene rings is 1. The van der Waals surface area contributed by atoms with Gasteiger partial charge in [-0.3, -0.25) is 9.97 Å². The highest BCUT2D eigenvalue weighted by Crippen LogP contribution is 2.30. The maximum absolute atomic E-state index is 12.0. The van der Waals surface area contributed by atoms with Gasteiger partial charge in [0.2, 0.25) is 0 Å². The quantitative estimate of drug-likeness (QED) is 0.679. The summed E-state index contributed by atoms with van der Waals surface area (Å²) in [6.45, 7) is 5.93. The molecule has 0 unspecified atom stereocenters. The van der Waals surface area contributed by atoms with E-state index in [0.717, 1.165) is 28.1 Å². The van der Waals surface area contributed by atoms with Crippen molar-refractivity contribution in [3.05, 3.63) is 78.8 Å². The molecule has 2 aromatic heterocycles. The molecule has 5 nitrogen and oxygen atoms in total. The second kappa shape index (κ2) is 7.61. The van der Waals surface area contributed by atoms with E-state index in [1.54, 1.807) is 18.5 Å². The van der Waals surface area contributed by atoms with Crippen LogP contribution in [-0.2, 0) is 4.74 Å². The summed E-state index contributed by atoms with van der Waals surface area (Å²) in [5.74, 6) is -0.449. The number of esters is 1. The summed E-state index contributed by atoms with van der Waals surface area (Å²) in [7, 11) is 1.35. The average Bonchev–Trinajstić information content (AvgIpc) is 2.68. The molecule has 5 heteroatoms. The number of aromatic nitrogens is 2. The first-order valence-electron chi connectivity index (χ1n) is 8.11. The molecular weight excluding hydrogens is 326 g/mol. The Hall–Kier alpha value is -3.47. The normalized spacial score (nSPS) is 10.2. The Kier molecular flexibility index (Phi) is 5.08. The number of carbonyl (C=O) groups excluding carboxylic acids is 1. The van der Waals surface area contributed by atoms with Crippen LogP contribution >= 0.6 is 0 Å². The number of nitrogens with zero attached hydrogens (tertiary/aromatic N) is 2. The third-order valence-electron chi connectivity index (χ3n) is 3.93. The standard InChI is InChI=1S/C21H19N3O2/c1-14(2)16-13-23-19(15-7-5-4-6-8-15)11-20(16)24-18-9-10-22-12-17(18)21(25)26-3/h4-13H,1H2,2-3H3,(H,22,23,24). The minimum Gasteiger partial charge on any atom is -0.465 e. The summed E-state index contributed by atoms with van der Waals surface area (Å²) < 4.78 is 4.84. The summed E-state index contributed by atoms with van der Waals surface area (Å²) in [6.07, 6.45) is 4.88. The number of pyridine rings is 2. The van der Waals surface area contributed by atoms with Gasteiger partial charge in [-0.1, -0.05) is 36.9 Å². The van der Waals surface area contributed by atoms with Crippen molar-refractivity contribution < 1.29 is 9.53 Å². The molecule has 0 radical (unpaired) electrons.